The smallest absolute Gasteiger partial charge is 0.347 e. The number of hydrogen-bond donors (Lipinski definition) is 1. The summed E-state index contributed by atoms with van der Waals surface area (Å²) in [5.74, 6) is -5.88. The topological polar surface area (TPSA) is 80.3 Å². The molecule has 0 aliphatic carbocycles. The maximum atomic E-state index is 13.8. The molecule has 0 saturated heterocycles. The van der Waals surface area contributed by atoms with Crippen LogP contribution in [-0.2, 0) is 14.6 Å². The van der Waals surface area contributed by atoms with Crippen LogP contribution >= 0.6 is 50.7 Å². The molecule has 0 aliphatic heterocycles. The summed E-state index contributed by atoms with van der Waals surface area (Å²) in [6.07, 6.45) is -7.58. The standard InChI is InChI=1S/C25H21BrCl3F6NO4S/c1-41(39,40)7-6-14(23(38)36-12-24(30,31)32)11-21(37)16-4-2-13(8-18(16)26)3-5-17(25(33,34)35)15-9-19(27)22(29)20(28)10-15/h2-5,8-10,14,17H,6-7,11-12H2,1H3,(H,36,38)/b5-3+/t14-,17?/m0/s1. The predicted molar refractivity (Wildman–Crippen MR) is 149 cm³/mol. The number of Topliss-reactive ketones (excluding diaryl/α,β-unsaturated/α-hetero) is 1. The van der Waals surface area contributed by atoms with Crippen molar-refractivity contribution in [2.45, 2.75) is 31.1 Å². The fourth-order valence-corrected chi connectivity index (χ4v) is 5.52. The van der Waals surface area contributed by atoms with Gasteiger partial charge in [0.15, 0.2) is 5.78 Å². The van der Waals surface area contributed by atoms with E-state index in [4.69, 9.17) is 34.8 Å². The van der Waals surface area contributed by atoms with Crippen LogP contribution in [0.15, 0.2) is 40.9 Å². The number of hydrogen-bond acceptors (Lipinski definition) is 4. The van der Waals surface area contributed by atoms with Crippen LogP contribution in [0.4, 0.5) is 26.3 Å². The summed E-state index contributed by atoms with van der Waals surface area (Å²) < 4.78 is 102. The highest BCUT2D eigenvalue weighted by molar-refractivity contribution is 9.10. The van der Waals surface area contributed by atoms with Gasteiger partial charge in [-0.15, -0.1) is 0 Å². The first-order valence-corrected chi connectivity index (χ1v) is 15.4. The normalized spacial score (nSPS) is 14.2. The number of carbonyl (C=O) groups excluding carboxylic acids is 2. The van der Waals surface area contributed by atoms with E-state index in [2.05, 4.69) is 15.9 Å². The first-order chi connectivity index (χ1) is 18.7. The monoisotopic (exact) mass is 729 g/mol. The Kier molecular flexibility index (Phi) is 12.2. The molecule has 0 aromatic heterocycles. The molecule has 2 rings (SSSR count). The van der Waals surface area contributed by atoms with Crippen LogP contribution in [0.3, 0.4) is 0 Å². The molecule has 0 heterocycles. The van der Waals surface area contributed by atoms with Gasteiger partial charge in [-0.3, -0.25) is 9.59 Å². The van der Waals surface area contributed by atoms with Gasteiger partial charge in [0.1, 0.15) is 16.4 Å². The minimum atomic E-state index is -4.72. The van der Waals surface area contributed by atoms with Gasteiger partial charge in [0.05, 0.1) is 26.7 Å². The molecular weight excluding hydrogens is 711 g/mol. The molecule has 0 saturated carbocycles. The number of benzene rings is 2. The van der Waals surface area contributed by atoms with Crippen LogP contribution in [0.5, 0.6) is 0 Å². The zero-order valence-corrected chi connectivity index (χ0v) is 25.5. The van der Waals surface area contributed by atoms with Gasteiger partial charge in [0.2, 0.25) is 5.91 Å². The van der Waals surface area contributed by atoms with Crippen LogP contribution < -0.4 is 5.32 Å². The van der Waals surface area contributed by atoms with E-state index in [-0.39, 0.29) is 36.2 Å². The number of ketones is 1. The van der Waals surface area contributed by atoms with E-state index in [0.717, 1.165) is 30.5 Å². The molecule has 1 amide bonds. The molecule has 2 aromatic carbocycles. The van der Waals surface area contributed by atoms with Crippen molar-refractivity contribution in [3.05, 3.63) is 72.6 Å². The molecule has 0 aliphatic rings. The molecule has 16 heteroatoms. The zero-order chi connectivity index (χ0) is 31.3. The van der Waals surface area contributed by atoms with E-state index in [1.54, 1.807) is 5.32 Å². The highest BCUT2D eigenvalue weighted by Gasteiger charge is 2.39. The summed E-state index contributed by atoms with van der Waals surface area (Å²) in [6, 6.07) is 5.99. The van der Waals surface area contributed by atoms with Crippen molar-refractivity contribution < 1.29 is 44.3 Å². The number of alkyl halides is 6. The number of amides is 1. The van der Waals surface area contributed by atoms with E-state index < -0.39 is 70.9 Å². The summed E-state index contributed by atoms with van der Waals surface area (Å²) in [6.45, 7) is -1.66. The van der Waals surface area contributed by atoms with E-state index in [0.29, 0.717) is 0 Å². The Bertz CT molecular complexity index is 1410. The lowest BCUT2D eigenvalue weighted by Gasteiger charge is -2.18. The van der Waals surface area contributed by atoms with Crippen molar-refractivity contribution in [2.75, 3.05) is 18.6 Å². The lowest BCUT2D eigenvalue weighted by Crippen LogP contribution is -2.39. The quantitative estimate of drug-likeness (QED) is 0.144. The molecule has 1 unspecified atom stereocenters. The maximum absolute atomic E-state index is 13.8. The number of halogens is 10. The molecule has 1 N–H and O–H groups in total. The van der Waals surface area contributed by atoms with Gasteiger partial charge < -0.3 is 5.32 Å². The van der Waals surface area contributed by atoms with Gasteiger partial charge >= 0.3 is 12.4 Å². The van der Waals surface area contributed by atoms with Crippen LogP contribution in [0.2, 0.25) is 15.1 Å². The number of rotatable bonds is 11. The van der Waals surface area contributed by atoms with Crippen LogP contribution in [0.1, 0.15) is 40.2 Å². The van der Waals surface area contributed by atoms with E-state index in [9.17, 15) is 44.3 Å². The second-order valence-electron chi connectivity index (χ2n) is 8.99. The minimum absolute atomic E-state index is 0.0150. The molecule has 2 aromatic rings. The van der Waals surface area contributed by atoms with E-state index in [1.165, 1.54) is 18.2 Å². The number of allylic oxidation sites excluding steroid dienone is 1. The Balaban J connectivity index is 2.28. The van der Waals surface area contributed by atoms with Gasteiger partial charge in [0, 0.05) is 28.6 Å². The maximum Gasteiger partial charge on any atom is 0.405 e. The first kappa shape index (κ1) is 35.4. The fraction of sp³-hybridized carbons (Fsp3) is 0.360. The Morgan fingerprint density at radius 2 is 1.61 bits per heavy atom. The summed E-state index contributed by atoms with van der Waals surface area (Å²) in [7, 11) is -3.59. The van der Waals surface area contributed by atoms with Crippen molar-refractivity contribution >= 4 is 78.3 Å². The number of nitrogens with one attached hydrogen (secondary N) is 1. The van der Waals surface area contributed by atoms with Crippen molar-refractivity contribution in [3.63, 3.8) is 0 Å². The molecule has 5 nitrogen and oxygen atoms in total. The van der Waals surface area contributed by atoms with Crippen molar-refractivity contribution in [2.24, 2.45) is 5.92 Å². The highest BCUT2D eigenvalue weighted by Crippen LogP contribution is 2.41. The van der Waals surface area contributed by atoms with Crippen LogP contribution in [0, 0.1) is 5.92 Å². The third-order valence-electron chi connectivity index (χ3n) is 5.60. The lowest BCUT2D eigenvalue weighted by molar-refractivity contribution is -0.140. The lowest BCUT2D eigenvalue weighted by atomic mass is 9.94. The largest absolute Gasteiger partial charge is 0.405 e. The molecule has 41 heavy (non-hydrogen) atoms. The number of carbonyl (C=O) groups is 2. The van der Waals surface area contributed by atoms with Gasteiger partial charge in [0.25, 0.3) is 0 Å². The summed E-state index contributed by atoms with van der Waals surface area (Å²) in [5.41, 5.74) is -0.0351. The Morgan fingerprint density at radius 3 is 2.10 bits per heavy atom. The fourth-order valence-electron chi connectivity index (χ4n) is 3.58. The Hall–Kier alpha value is -1.80. The van der Waals surface area contributed by atoms with Gasteiger partial charge in [-0.2, -0.15) is 26.3 Å². The van der Waals surface area contributed by atoms with Crippen molar-refractivity contribution in [3.8, 4) is 0 Å². The highest BCUT2D eigenvalue weighted by atomic mass is 79.9. The average molecular weight is 732 g/mol. The molecule has 0 fully saturated rings. The summed E-state index contributed by atoms with van der Waals surface area (Å²) in [4.78, 5) is 25.2. The second-order valence-corrected chi connectivity index (χ2v) is 13.3. The third-order valence-corrected chi connectivity index (χ3v) is 8.43. The van der Waals surface area contributed by atoms with Gasteiger partial charge in [-0.1, -0.05) is 69.0 Å². The Morgan fingerprint density at radius 1 is 1.02 bits per heavy atom. The predicted octanol–water partition coefficient (Wildman–Crippen LogP) is 8.07. The van der Waals surface area contributed by atoms with E-state index in [1.807, 2.05) is 0 Å². The first-order valence-electron chi connectivity index (χ1n) is 11.4. The molecule has 0 radical (unpaired) electrons. The molecule has 0 bridgehead atoms. The minimum Gasteiger partial charge on any atom is -0.347 e. The van der Waals surface area contributed by atoms with Crippen molar-refractivity contribution in [1.29, 1.82) is 0 Å². The molecular formula is C25H21BrCl3F6NO4S. The van der Waals surface area contributed by atoms with Gasteiger partial charge in [-0.25, -0.2) is 8.42 Å². The molecule has 226 valence electrons. The van der Waals surface area contributed by atoms with Gasteiger partial charge in [-0.05, 0) is 41.8 Å². The zero-order valence-electron chi connectivity index (χ0n) is 20.8. The summed E-state index contributed by atoms with van der Waals surface area (Å²) in [5, 5.41) is 1.23. The van der Waals surface area contributed by atoms with Crippen molar-refractivity contribution in [1.82, 2.24) is 5.32 Å². The average Bonchev–Trinajstić information content (AvgIpc) is 2.81. The second kappa shape index (κ2) is 14.1. The third kappa shape index (κ3) is 11.4. The molecule has 2 atom stereocenters. The van der Waals surface area contributed by atoms with Crippen LogP contribution in [-0.4, -0.2) is 51.0 Å². The summed E-state index contributed by atoms with van der Waals surface area (Å²) >= 11 is 20.7. The number of sulfone groups is 1. The van der Waals surface area contributed by atoms with E-state index >= 15 is 0 Å². The molecule has 0 spiro atoms. The van der Waals surface area contributed by atoms with Crippen LogP contribution in [0.25, 0.3) is 6.08 Å². The Labute approximate surface area is 255 Å². The SMILES string of the molecule is CS(=O)(=O)CC[C@@H](CC(=O)c1ccc(/C=C/C(c2cc(Cl)c(Cl)c(Cl)c2)C(F)(F)F)cc1Br)C(=O)NCC(F)(F)F.